The lowest BCUT2D eigenvalue weighted by Crippen LogP contribution is -2.24. The first-order valence-corrected chi connectivity index (χ1v) is 7.10. The molecule has 19 heavy (non-hydrogen) atoms. The van der Waals surface area contributed by atoms with Crippen LogP contribution >= 0.6 is 15.9 Å². The van der Waals surface area contributed by atoms with Crippen molar-refractivity contribution in [3.8, 4) is 0 Å². The molecule has 0 saturated heterocycles. The molecule has 0 bridgehead atoms. The van der Waals surface area contributed by atoms with Crippen LogP contribution in [-0.4, -0.2) is 11.5 Å². The molecule has 0 aliphatic rings. The van der Waals surface area contributed by atoms with Gasteiger partial charge in [0.1, 0.15) is 5.82 Å². The van der Waals surface area contributed by atoms with Crippen LogP contribution in [-0.2, 0) is 0 Å². The fourth-order valence-corrected chi connectivity index (χ4v) is 2.36. The van der Waals surface area contributed by atoms with Gasteiger partial charge in [-0.25, -0.2) is 4.39 Å². The summed E-state index contributed by atoms with van der Waals surface area (Å²) in [6.45, 7) is 2.91. The van der Waals surface area contributed by atoms with Crippen LogP contribution in [0.5, 0.6) is 0 Å². The van der Waals surface area contributed by atoms with Crippen LogP contribution < -0.4 is 5.32 Å². The molecule has 100 valence electrons. The zero-order chi connectivity index (χ0) is 13.7. The van der Waals surface area contributed by atoms with Crippen LogP contribution in [0.4, 0.5) is 4.39 Å². The number of nitrogens with one attached hydrogen (secondary N) is 1. The number of aromatic nitrogens is 1. The molecule has 2 aromatic rings. The highest BCUT2D eigenvalue weighted by Gasteiger charge is 2.17. The van der Waals surface area contributed by atoms with E-state index in [4.69, 9.17) is 0 Å². The summed E-state index contributed by atoms with van der Waals surface area (Å²) in [6.07, 6.45) is 4.48. The molecule has 0 fully saturated rings. The summed E-state index contributed by atoms with van der Waals surface area (Å²) < 4.78 is 14.9. The van der Waals surface area contributed by atoms with Gasteiger partial charge in [-0.05, 0) is 42.8 Å². The van der Waals surface area contributed by atoms with Gasteiger partial charge in [-0.3, -0.25) is 4.98 Å². The van der Waals surface area contributed by atoms with E-state index in [-0.39, 0.29) is 11.9 Å². The summed E-state index contributed by atoms with van der Waals surface area (Å²) in [6, 6.07) is 8.66. The molecule has 0 radical (unpaired) electrons. The van der Waals surface area contributed by atoms with Crippen molar-refractivity contribution in [2.24, 2.45) is 0 Å². The number of rotatable bonds is 5. The van der Waals surface area contributed by atoms with Gasteiger partial charge in [-0.15, -0.1) is 0 Å². The monoisotopic (exact) mass is 322 g/mol. The molecule has 2 rings (SSSR count). The summed E-state index contributed by atoms with van der Waals surface area (Å²) in [4.78, 5) is 4.12. The van der Waals surface area contributed by atoms with Gasteiger partial charge in [0.25, 0.3) is 0 Å². The molecule has 0 amide bonds. The molecule has 1 aromatic heterocycles. The van der Waals surface area contributed by atoms with Crippen LogP contribution in [0.25, 0.3) is 0 Å². The Morgan fingerprint density at radius 1 is 1.37 bits per heavy atom. The molecule has 0 aliphatic carbocycles. The standard InChI is InChI=1S/C15H16BrFN2/c1-2-7-19-15(11-4-3-8-18-10-11)13-9-12(16)5-6-14(13)17/h3-6,8-10,15,19H,2,7H2,1H3. The molecule has 0 saturated carbocycles. The van der Waals surface area contributed by atoms with Gasteiger partial charge in [-0.2, -0.15) is 0 Å². The highest BCUT2D eigenvalue weighted by molar-refractivity contribution is 9.10. The molecule has 1 unspecified atom stereocenters. The Kier molecular flexibility index (Phi) is 5.05. The number of pyridine rings is 1. The van der Waals surface area contributed by atoms with E-state index >= 15 is 0 Å². The maximum absolute atomic E-state index is 14.1. The summed E-state index contributed by atoms with van der Waals surface area (Å²) in [7, 11) is 0. The van der Waals surface area contributed by atoms with E-state index < -0.39 is 0 Å². The predicted octanol–water partition coefficient (Wildman–Crippen LogP) is 4.07. The van der Waals surface area contributed by atoms with E-state index in [2.05, 4.69) is 33.2 Å². The second-order valence-corrected chi connectivity index (χ2v) is 5.26. The van der Waals surface area contributed by atoms with Crippen molar-refractivity contribution < 1.29 is 4.39 Å². The maximum Gasteiger partial charge on any atom is 0.128 e. The Morgan fingerprint density at radius 2 is 2.21 bits per heavy atom. The lowest BCUT2D eigenvalue weighted by atomic mass is 9.99. The maximum atomic E-state index is 14.1. The summed E-state index contributed by atoms with van der Waals surface area (Å²) in [5.41, 5.74) is 1.60. The first-order valence-electron chi connectivity index (χ1n) is 6.30. The second kappa shape index (κ2) is 6.78. The molecular weight excluding hydrogens is 307 g/mol. The molecule has 2 nitrogen and oxygen atoms in total. The third kappa shape index (κ3) is 3.61. The minimum absolute atomic E-state index is 0.175. The number of hydrogen-bond acceptors (Lipinski definition) is 2. The van der Waals surface area contributed by atoms with Crippen LogP contribution in [0.15, 0.2) is 47.2 Å². The number of benzene rings is 1. The van der Waals surface area contributed by atoms with E-state index in [1.54, 1.807) is 18.5 Å². The van der Waals surface area contributed by atoms with Gasteiger partial charge in [0.15, 0.2) is 0 Å². The van der Waals surface area contributed by atoms with Crippen molar-refractivity contribution in [2.75, 3.05) is 6.54 Å². The zero-order valence-corrected chi connectivity index (χ0v) is 12.3. The van der Waals surface area contributed by atoms with E-state index in [1.165, 1.54) is 6.07 Å². The van der Waals surface area contributed by atoms with Crippen LogP contribution in [0.1, 0.15) is 30.5 Å². The third-order valence-corrected chi connectivity index (χ3v) is 3.38. The van der Waals surface area contributed by atoms with Crippen LogP contribution in [0.2, 0.25) is 0 Å². The van der Waals surface area contributed by atoms with E-state index in [0.29, 0.717) is 5.56 Å². The Balaban J connectivity index is 2.40. The van der Waals surface area contributed by atoms with Gasteiger partial charge in [-0.1, -0.05) is 28.9 Å². The van der Waals surface area contributed by atoms with Crippen molar-refractivity contribution in [1.82, 2.24) is 10.3 Å². The quantitative estimate of drug-likeness (QED) is 0.897. The molecule has 1 N–H and O–H groups in total. The van der Waals surface area contributed by atoms with E-state index in [0.717, 1.165) is 23.0 Å². The van der Waals surface area contributed by atoms with Crippen molar-refractivity contribution in [3.63, 3.8) is 0 Å². The lowest BCUT2D eigenvalue weighted by molar-refractivity contribution is 0.545. The summed E-state index contributed by atoms with van der Waals surface area (Å²) in [5, 5.41) is 3.37. The summed E-state index contributed by atoms with van der Waals surface area (Å²) >= 11 is 3.40. The zero-order valence-electron chi connectivity index (χ0n) is 10.7. The number of nitrogens with zero attached hydrogens (tertiary/aromatic N) is 1. The molecule has 0 aliphatic heterocycles. The van der Waals surface area contributed by atoms with E-state index in [9.17, 15) is 4.39 Å². The average Bonchev–Trinajstić information content (AvgIpc) is 2.44. The molecule has 1 aromatic carbocycles. The van der Waals surface area contributed by atoms with Crippen LogP contribution in [0.3, 0.4) is 0 Å². The first-order chi connectivity index (χ1) is 9.22. The fraction of sp³-hybridized carbons (Fsp3) is 0.267. The van der Waals surface area contributed by atoms with Gasteiger partial charge < -0.3 is 5.32 Å². The Hall–Kier alpha value is -1.26. The van der Waals surface area contributed by atoms with Crippen molar-refractivity contribution >= 4 is 15.9 Å². The third-order valence-electron chi connectivity index (χ3n) is 2.89. The number of hydrogen-bond donors (Lipinski definition) is 1. The van der Waals surface area contributed by atoms with Crippen molar-refractivity contribution in [3.05, 3.63) is 64.1 Å². The minimum atomic E-state index is -0.208. The number of halogens is 2. The van der Waals surface area contributed by atoms with E-state index in [1.807, 2.05) is 18.2 Å². The average molecular weight is 323 g/mol. The van der Waals surface area contributed by atoms with Crippen molar-refractivity contribution in [1.29, 1.82) is 0 Å². The molecule has 0 spiro atoms. The molecule has 1 atom stereocenters. The smallest absolute Gasteiger partial charge is 0.128 e. The molecule has 4 heteroatoms. The lowest BCUT2D eigenvalue weighted by Gasteiger charge is -2.20. The largest absolute Gasteiger partial charge is 0.306 e. The predicted molar refractivity (Wildman–Crippen MR) is 78.5 cm³/mol. The Bertz CT molecular complexity index is 531. The molecular formula is C15H16BrFN2. The fourth-order valence-electron chi connectivity index (χ4n) is 1.98. The highest BCUT2D eigenvalue weighted by atomic mass is 79.9. The highest BCUT2D eigenvalue weighted by Crippen LogP contribution is 2.26. The molecule has 1 heterocycles. The summed E-state index contributed by atoms with van der Waals surface area (Å²) in [5.74, 6) is -0.208. The van der Waals surface area contributed by atoms with Crippen molar-refractivity contribution in [2.45, 2.75) is 19.4 Å². The Morgan fingerprint density at radius 3 is 2.89 bits per heavy atom. The topological polar surface area (TPSA) is 24.9 Å². The van der Waals surface area contributed by atoms with Gasteiger partial charge >= 0.3 is 0 Å². The van der Waals surface area contributed by atoms with Gasteiger partial charge in [0, 0.05) is 22.4 Å². The second-order valence-electron chi connectivity index (χ2n) is 4.34. The first kappa shape index (κ1) is 14.2. The normalized spacial score (nSPS) is 12.4. The Labute approximate surface area is 121 Å². The van der Waals surface area contributed by atoms with Crippen LogP contribution in [0, 0.1) is 5.82 Å². The van der Waals surface area contributed by atoms with Gasteiger partial charge in [0.05, 0.1) is 6.04 Å². The van der Waals surface area contributed by atoms with Gasteiger partial charge in [0.2, 0.25) is 0 Å². The SMILES string of the molecule is CCCNC(c1cccnc1)c1cc(Br)ccc1F. The minimum Gasteiger partial charge on any atom is -0.306 e.